The number of benzene rings is 2. The Bertz CT molecular complexity index is 1490. The number of aliphatic hydroxyl groups is 1. The fourth-order valence-corrected chi connectivity index (χ4v) is 4.93. The summed E-state index contributed by atoms with van der Waals surface area (Å²) in [5.41, 5.74) is -0.0894. The van der Waals surface area contributed by atoms with Crippen LogP contribution in [0.15, 0.2) is 52.2 Å². The summed E-state index contributed by atoms with van der Waals surface area (Å²) in [5.74, 6) is -0.434. The highest BCUT2D eigenvalue weighted by molar-refractivity contribution is 6.42. The first-order valence-corrected chi connectivity index (χ1v) is 12.3. The van der Waals surface area contributed by atoms with E-state index in [-0.39, 0.29) is 22.2 Å². The van der Waals surface area contributed by atoms with Crippen LogP contribution < -0.4 is 21.3 Å². The summed E-state index contributed by atoms with van der Waals surface area (Å²) in [6, 6.07) is 10.1. The van der Waals surface area contributed by atoms with Gasteiger partial charge in [0.1, 0.15) is 23.7 Å². The number of para-hydroxylation sites is 1. The SMILES string of the molecule is CCc1cn([C@@H]2O[C@H](CNC(=O)[C@@H]3c4ccccc4Oc4cc(Cl)c(Cl)cc43)[C@@H](O)[C@H]2F)c(=O)[nH]c1=O. The largest absolute Gasteiger partial charge is 0.457 e. The average Bonchev–Trinajstić information content (AvgIpc) is 3.15. The molecule has 0 radical (unpaired) electrons. The highest BCUT2D eigenvalue weighted by Gasteiger charge is 2.46. The Hall–Kier alpha value is -3.18. The van der Waals surface area contributed by atoms with Gasteiger partial charge in [-0.3, -0.25) is 19.1 Å². The number of hydrogen-bond acceptors (Lipinski definition) is 6. The number of amides is 1. The number of halogens is 3. The van der Waals surface area contributed by atoms with Crippen molar-refractivity contribution in [1.29, 1.82) is 0 Å². The van der Waals surface area contributed by atoms with Gasteiger partial charge in [0.25, 0.3) is 5.56 Å². The number of nitrogens with one attached hydrogen (secondary N) is 2. The third kappa shape index (κ3) is 4.54. The Morgan fingerprint density at radius 3 is 2.65 bits per heavy atom. The van der Waals surface area contributed by atoms with Crippen molar-refractivity contribution in [3.63, 3.8) is 0 Å². The van der Waals surface area contributed by atoms with Gasteiger partial charge in [-0.25, -0.2) is 9.18 Å². The number of nitrogens with zero attached hydrogens (tertiary/aromatic N) is 1. The number of carbonyl (C=O) groups excluding carboxylic acids is 1. The number of alkyl halides is 1. The predicted octanol–water partition coefficient (Wildman–Crippen LogP) is 3.06. The standard InChI is InChI=1S/C25H22Cl2FN3O6/c1-2-11-10-31(25(35)30-22(11)33)24-20(28)21(32)18(37-24)9-29-23(34)19-12-5-3-4-6-16(12)36-17-8-15(27)14(26)7-13(17)19/h3-8,10,18-21,24,32H,2,9H2,1H3,(H,29,34)(H,30,33,35)/t18-,19-,20-,21-,24-/m1/s1. The lowest BCUT2D eigenvalue weighted by Crippen LogP contribution is -2.41. The Balaban J connectivity index is 1.38. The predicted molar refractivity (Wildman–Crippen MR) is 133 cm³/mol. The molecule has 2 aliphatic heterocycles. The summed E-state index contributed by atoms with van der Waals surface area (Å²) in [4.78, 5) is 39.7. The van der Waals surface area contributed by atoms with Crippen molar-refractivity contribution in [3.8, 4) is 11.5 Å². The molecule has 1 amide bonds. The zero-order valence-electron chi connectivity index (χ0n) is 19.4. The van der Waals surface area contributed by atoms with Crippen LogP contribution in [0.1, 0.15) is 35.8 Å². The monoisotopic (exact) mass is 549 g/mol. The summed E-state index contributed by atoms with van der Waals surface area (Å²) >= 11 is 12.4. The minimum atomic E-state index is -1.97. The van der Waals surface area contributed by atoms with Gasteiger partial charge >= 0.3 is 5.69 Å². The smallest absolute Gasteiger partial charge is 0.330 e. The summed E-state index contributed by atoms with van der Waals surface area (Å²) < 4.78 is 27.5. The highest BCUT2D eigenvalue weighted by Crippen LogP contribution is 2.46. The number of ether oxygens (including phenoxy) is 2. The van der Waals surface area contributed by atoms with Crippen LogP contribution in [-0.2, 0) is 16.0 Å². The molecule has 9 nitrogen and oxygen atoms in total. The third-order valence-electron chi connectivity index (χ3n) is 6.54. The van der Waals surface area contributed by atoms with E-state index in [0.29, 0.717) is 29.0 Å². The van der Waals surface area contributed by atoms with Gasteiger partial charge < -0.3 is 19.9 Å². The molecule has 1 fully saturated rings. The van der Waals surface area contributed by atoms with Crippen LogP contribution in [0.3, 0.4) is 0 Å². The van der Waals surface area contributed by atoms with Gasteiger partial charge in [0, 0.05) is 35.5 Å². The number of H-pyrrole nitrogens is 1. The van der Waals surface area contributed by atoms with Gasteiger partial charge in [0.15, 0.2) is 12.4 Å². The van der Waals surface area contributed by atoms with Crippen molar-refractivity contribution in [2.45, 2.75) is 43.9 Å². The summed E-state index contributed by atoms with van der Waals surface area (Å²) in [7, 11) is 0. The minimum absolute atomic E-state index is 0.244. The Morgan fingerprint density at radius 1 is 1.16 bits per heavy atom. The number of aromatic nitrogens is 2. The van der Waals surface area contributed by atoms with E-state index >= 15 is 4.39 Å². The van der Waals surface area contributed by atoms with E-state index < -0.39 is 47.7 Å². The van der Waals surface area contributed by atoms with Gasteiger partial charge in [-0.05, 0) is 18.6 Å². The molecule has 3 heterocycles. The molecule has 0 aliphatic carbocycles. The molecule has 0 unspecified atom stereocenters. The summed E-state index contributed by atoms with van der Waals surface area (Å²) in [5, 5.41) is 13.7. The molecule has 1 saturated heterocycles. The number of carbonyl (C=O) groups is 1. The number of hydrogen-bond donors (Lipinski definition) is 3. The number of fused-ring (bicyclic) bond motifs is 2. The van der Waals surface area contributed by atoms with Crippen molar-refractivity contribution in [1.82, 2.24) is 14.9 Å². The first-order chi connectivity index (χ1) is 17.7. The van der Waals surface area contributed by atoms with Crippen molar-refractivity contribution >= 4 is 29.1 Å². The molecule has 0 bridgehead atoms. The lowest BCUT2D eigenvalue weighted by Gasteiger charge is -2.28. The maximum atomic E-state index is 15.0. The molecule has 3 N–H and O–H groups in total. The second-order valence-corrected chi connectivity index (χ2v) is 9.61. The van der Waals surface area contributed by atoms with E-state index in [9.17, 15) is 19.5 Å². The highest BCUT2D eigenvalue weighted by atomic mass is 35.5. The molecule has 194 valence electrons. The zero-order valence-corrected chi connectivity index (χ0v) is 20.9. The van der Waals surface area contributed by atoms with E-state index in [0.717, 1.165) is 4.57 Å². The van der Waals surface area contributed by atoms with Crippen LogP contribution in [0.5, 0.6) is 11.5 Å². The minimum Gasteiger partial charge on any atom is -0.457 e. The Labute approximate surface area is 219 Å². The number of aliphatic hydroxyl groups excluding tert-OH is 1. The summed E-state index contributed by atoms with van der Waals surface area (Å²) in [6.45, 7) is 1.47. The van der Waals surface area contributed by atoms with E-state index in [1.807, 2.05) is 0 Å². The Kier molecular flexibility index (Phi) is 6.84. The van der Waals surface area contributed by atoms with Gasteiger partial charge in [0.05, 0.1) is 16.0 Å². The second kappa shape index (κ2) is 9.94. The van der Waals surface area contributed by atoms with E-state index in [2.05, 4.69) is 10.3 Å². The molecule has 5 rings (SSSR count). The molecular formula is C25H22Cl2FN3O6. The van der Waals surface area contributed by atoms with Crippen molar-refractivity contribution in [3.05, 3.63) is 90.2 Å². The lowest BCUT2D eigenvalue weighted by atomic mass is 9.87. The van der Waals surface area contributed by atoms with E-state index in [1.54, 1.807) is 37.3 Å². The number of aryl methyl sites for hydroxylation is 1. The molecule has 2 aliphatic rings. The van der Waals surface area contributed by atoms with Crippen molar-refractivity contribution in [2.75, 3.05) is 6.54 Å². The fraction of sp³-hybridized carbons (Fsp3) is 0.320. The number of rotatable bonds is 5. The normalized spacial score (nSPS) is 24.2. The van der Waals surface area contributed by atoms with E-state index in [1.165, 1.54) is 12.3 Å². The molecule has 1 aromatic heterocycles. The van der Waals surface area contributed by atoms with Gasteiger partial charge in [-0.2, -0.15) is 0 Å². The lowest BCUT2D eigenvalue weighted by molar-refractivity contribution is -0.123. The van der Waals surface area contributed by atoms with Crippen molar-refractivity contribution < 1.29 is 23.8 Å². The maximum Gasteiger partial charge on any atom is 0.330 e. The van der Waals surface area contributed by atoms with Gasteiger partial charge in [0.2, 0.25) is 5.91 Å². The van der Waals surface area contributed by atoms with Crippen LogP contribution in [0.25, 0.3) is 0 Å². The second-order valence-electron chi connectivity index (χ2n) is 8.80. The molecule has 5 atom stereocenters. The van der Waals surface area contributed by atoms with Gasteiger partial charge in [-0.15, -0.1) is 0 Å². The van der Waals surface area contributed by atoms with Crippen LogP contribution in [0.4, 0.5) is 4.39 Å². The third-order valence-corrected chi connectivity index (χ3v) is 7.27. The number of aromatic amines is 1. The maximum absolute atomic E-state index is 15.0. The Morgan fingerprint density at radius 2 is 1.89 bits per heavy atom. The van der Waals surface area contributed by atoms with E-state index in [4.69, 9.17) is 32.7 Å². The summed E-state index contributed by atoms with van der Waals surface area (Å²) in [6.07, 6.45) is -4.70. The van der Waals surface area contributed by atoms with Crippen LogP contribution in [0, 0.1) is 0 Å². The zero-order chi connectivity index (χ0) is 26.4. The molecule has 0 saturated carbocycles. The average molecular weight is 550 g/mol. The van der Waals surface area contributed by atoms with Crippen LogP contribution in [-0.4, -0.2) is 45.5 Å². The molecule has 37 heavy (non-hydrogen) atoms. The van der Waals surface area contributed by atoms with Crippen molar-refractivity contribution in [2.24, 2.45) is 0 Å². The molecule has 0 spiro atoms. The molecular weight excluding hydrogens is 528 g/mol. The van der Waals surface area contributed by atoms with Gasteiger partial charge in [-0.1, -0.05) is 48.3 Å². The van der Waals surface area contributed by atoms with Crippen LogP contribution in [0.2, 0.25) is 10.0 Å². The quantitative estimate of drug-likeness (QED) is 0.449. The van der Waals surface area contributed by atoms with Crippen LogP contribution >= 0.6 is 23.2 Å². The molecule has 12 heteroatoms. The first-order valence-electron chi connectivity index (χ1n) is 11.5. The topological polar surface area (TPSA) is 123 Å². The first kappa shape index (κ1) is 25.5. The molecule has 3 aromatic rings. The fourth-order valence-electron chi connectivity index (χ4n) is 4.61. The molecule has 2 aromatic carbocycles.